The summed E-state index contributed by atoms with van der Waals surface area (Å²) in [5, 5.41) is 0. The number of ether oxygens (including phenoxy) is 4. The van der Waals surface area contributed by atoms with E-state index in [1.54, 1.807) is 0 Å². The van der Waals surface area contributed by atoms with Crippen LogP contribution in [0.4, 0.5) is 0 Å². The van der Waals surface area contributed by atoms with Crippen molar-refractivity contribution in [2.24, 2.45) is 0 Å². The van der Waals surface area contributed by atoms with E-state index in [2.05, 4.69) is 45.3 Å². The third kappa shape index (κ3) is 53.7. The Hall–Kier alpha value is -2.78. The molecule has 0 bridgehead atoms. The van der Waals surface area contributed by atoms with Gasteiger partial charge in [-0.2, -0.15) is 33.7 Å². The second kappa shape index (κ2) is 30.5. The second-order valence-electron chi connectivity index (χ2n) is 10.2. The summed E-state index contributed by atoms with van der Waals surface area (Å²) in [5.74, 6) is -3.86. The van der Waals surface area contributed by atoms with Gasteiger partial charge in [0, 0.05) is 44.7 Å². The molecule has 0 aliphatic heterocycles. The maximum absolute atomic E-state index is 10.7. The molecule has 0 spiro atoms. The normalized spacial score (nSPS) is 10.7. The molecule has 0 heterocycles. The first-order chi connectivity index (χ1) is 23.3. The predicted octanol–water partition coefficient (Wildman–Crippen LogP) is 1.53. The van der Waals surface area contributed by atoms with E-state index in [4.69, 9.17) is 18.2 Å². The van der Waals surface area contributed by atoms with Gasteiger partial charge in [-0.1, -0.05) is 26.3 Å². The standard InChI is InChI=1S/4C7H12O5S.Ta/c4*1-6(2)7(8)12-4-3-5-13(9,10)11;/h4*1,3-5H2,2H3,(H,9,10,11);. The Morgan fingerprint density at radius 3 is 0.623 bits per heavy atom. The van der Waals surface area contributed by atoms with Crippen molar-refractivity contribution in [3.05, 3.63) is 48.6 Å². The van der Waals surface area contributed by atoms with Crippen LogP contribution in [0.15, 0.2) is 48.6 Å². The van der Waals surface area contributed by atoms with Gasteiger partial charge in [0.25, 0.3) is 40.5 Å². The van der Waals surface area contributed by atoms with Gasteiger partial charge in [-0.3, -0.25) is 18.2 Å². The Labute approximate surface area is 326 Å². The van der Waals surface area contributed by atoms with Crippen molar-refractivity contribution in [2.75, 3.05) is 49.4 Å². The van der Waals surface area contributed by atoms with E-state index in [9.17, 15) is 52.8 Å². The molecule has 0 aliphatic carbocycles. The van der Waals surface area contributed by atoms with E-state index in [0.29, 0.717) is 0 Å². The first kappa shape index (κ1) is 59.5. The summed E-state index contributed by atoms with van der Waals surface area (Å²) in [6.45, 7) is 19.2. The van der Waals surface area contributed by atoms with Crippen molar-refractivity contribution < 1.29 is 112 Å². The number of carbonyl (C=O) groups excluding carboxylic acids is 4. The van der Waals surface area contributed by atoms with Crippen LogP contribution < -0.4 is 0 Å². The molecule has 0 aliphatic rings. The van der Waals surface area contributed by atoms with E-state index in [-0.39, 0.29) is 96.8 Å². The van der Waals surface area contributed by atoms with Crippen molar-refractivity contribution in [3.63, 3.8) is 0 Å². The van der Waals surface area contributed by atoms with Crippen LogP contribution in [0.5, 0.6) is 0 Å². The van der Waals surface area contributed by atoms with Crippen LogP contribution in [-0.4, -0.2) is 125 Å². The van der Waals surface area contributed by atoms with E-state index in [1.165, 1.54) is 27.7 Å². The molecule has 0 saturated carbocycles. The van der Waals surface area contributed by atoms with Gasteiger partial charge < -0.3 is 18.9 Å². The fraction of sp³-hybridized carbons (Fsp3) is 0.571. The van der Waals surface area contributed by atoms with E-state index < -0.39 is 87.4 Å². The molecule has 0 rings (SSSR count). The van der Waals surface area contributed by atoms with Crippen molar-refractivity contribution in [1.82, 2.24) is 0 Å². The van der Waals surface area contributed by atoms with E-state index >= 15 is 0 Å². The Morgan fingerprint density at radius 1 is 0.396 bits per heavy atom. The Morgan fingerprint density at radius 2 is 0.528 bits per heavy atom. The molecule has 25 heteroatoms. The SMILES string of the molecule is C=C(C)C(=O)OCCCS(=O)(=O)O.C=C(C)C(=O)OCCCS(=O)(=O)O.C=C(C)C(=O)OCCCS(=O)(=O)O.C=C(C)C(=O)OCCCS(=O)(=O)O.[Ta]. The number of hydrogen-bond acceptors (Lipinski definition) is 16. The topological polar surface area (TPSA) is 323 Å². The largest absolute Gasteiger partial charge is 0.462 e. The molecule has 20 nitrogen and oxygen atoms in total. The Bertz CT molecular complexity index is 1420. The third-order valence-electron chi connectivity index (χ3n) is 4.51. The summed E-state index contributed by atoms with van der Waals surface area (Å²) in [4.78, 5) is 42.9. The molecule has 0 fully saturated rings. The quantitative estimate of drug-likeness (QED) is 0.0442. The van der Waals surface area contributed by atoms with Crippen LogP contribution in [-0.2, 0) is 101 Å². The Kier molecular flexibility index (Phi) is 34.3. The van der Waals surface area contributed by atoms with Crippen molar-refractivity contribution in [1.29, 1.82) is 0 Å². The molecule has 0 atom stereocenters. The van der Waals surface area contributed by atoms with Crippen LogP contribution in [0.1, 0.15) is 53.4 Å². The fourth-order valence-corrected chi connectivity index (χ4v) is 4.05. The van der Waals surface area contributed by atoms with Crippen molar-refractivity contribution in [3.8, 4) is 0 Å². The smallest absolute Gasteiger partial charge is 0.333 e. The first-order valence-corrected chi connectivity index (χ1v) is 20.9. The fourth-order valence-electron chi connectivity index (χ4n) is 2.12. The molecule has 53 heavy (non-hydrogen) atoms. The average Bonchev–Trinajstić information content (AvgIpc) is 2.96. The molecule has 0 aromatic rings. The summed E-state index contributed by atoms with van der Waals surface area (Å²) < 4.78 is 133. The number of carbonyl (C=O) groups is 4. The van der Waals surface area contributed by atoms with Crippen molar-refractivity contribution in [2.45, 2.75) is 53.4 Å². The van der Waals surface area contributed by atoms with Gasteiger partial charge in [0.05, 0.1) is 49.4 Å². The summed E-state index contributed by atoms with van der Waals surface area (Å²) in [6.07, 6.45) is 0.325. The molecule has 0 amide bonds. The molecule has 1 radical (unpaired) electrons. The van der Waals surface area contributed by atoms with Gasteiger partial charge in [0.2, 0.25) is 0 Å². The van der Waals surface area contributed by atoms with Crippen LogP contribution in [0.2, 0.25) is 0 Å². The minimum Gasteiger partial charge on any atom is -0.462 e. The monoisotopic (exact) mass is 1010 g/mol. The summed E-state index contributed by atoms with van der Waals surface area (Å²) in [7, 11) is -15.8. The van der Waals surface area contributed by atoms with Gasteiger partial charge in [0.1, 0.15) is 0 Å². The first-order valence-electron chi connectivity index (χ1n) is 14.4. The van der Waals surface area contributed by atoms with E-state index in [0.717, 1.165) is 0 Å². The summed E-state index contributed by atoms with van der Waals surface area (Å²) >= 11 is 0. The maximum Gasteiger partial charge on any atom is 0.333 e. The molecule has 0 unspecified atom stereocenters. The Balaban J connectivity index is -0.000000192. The summed E-state index contributed by atoms with van der Waals surface area (Å²) in [6, 6.07) is 0. The van der Waals surface area contributed by atoms with Crippen LogP contribution >= 0.6 is 0 Å². The molecular weight excluding hydrogens is 966 g/mol. The molecule has 0 saturated heterocycles. The minimum atomic E-state index is -3.96. The van der Waals surface area contributed by atoms with E-state index in [1.807, 2.05) is 0 Å². The zero-order chi connectivity index (χ0) is 41.9. The third-order valence-corrected chi connectivity index (χ3v) is 7.73. The molecule has 0 aromatic heterocycles. The van der Waals surface area contributed by atoms with Gasteiger partial charge in [-0.15, -0.1) is 0 Å². The number of hydrogen-bond donors (Lipinski definition) is 4. The van der Waals surface area contributed by atoms with Crippen molar-refractivity contribution >= 4 is 64.3 Å². The zero-order valence-corrected chi connectivity index (χ0v) is 36.2. The van der Waals surface area contributed by atoms with Crippen LogP contribution in [0.25, 0.3) is 0 Å². The maximum atomic E-state index is 10.7. The van der Waals surface area contributed by atoms with Gasteiger partial charge in [0.15, 0.2) is 0 Å². The minimum absolute atomic E-state index is 0. The molecule has 4 N–H and O–H groups in total. The number of esters is 4. The zero-order valence-electron chi connectivity index (χ0n) is 29.7. The predicted molar refractivity (Wildman–Crippen MR) is 187 cm³/mol. The number of rotatable bonds is 20. The van der Waals surface area contributed by atoms with Crippen LogP contribution in [0, 0.1) is 0 Å². The van der Waals surface area contributed by atoms with Gasteiger partial charge in [-0.25, -0.2) is 19.2 Å². The molecular formula is C28H48O20S4Ta. The second-order valence-corrected chi connectivity index (χ2v) is 16.5. The average molecular weight is 1010 g/mol. The van der Waals surface area contributed by atoms with Crippen LogP contribution in [0.3, 0.4) is 0 Å². The summed E-state index contributed by atoms with van der Waals surface area (Å²) in [5.41, 5.74) is 1.03. The van der Waals surface area contributed by atoms with Gasteiger partial charge >= 0.3 is 23.9 Å². The van der Waals surface area contributed by atoms with Gasteiger partial charge in [-0.05, 0) is 53.4 Å². The molecule has 309 valence electrons. The molecule has 0 aromatic carbocycles.